The molecule has 0 bridgehead atoms. The molecule has 1 heterocycles. The average molecular weight is 507 g/mol. The fraction of sp³-hybridized carbons (Fsp3) is 0.560. The quantitative estimate of drug-likeness (QED) is 0.267. The highest BCUT2D eigenvalue weighted by atomic mass is 16.5. The number of aliphatic hydroxyl groups is 3. The number of anilines is 1. The van der Waals surface area contributed by atoms with E-state index in [9.17, 15) is 29.7 Å². The lowest BCUT2D eigenvalue weighted by molar-refractivity contribution is -0.224. The maximum absolute atomic E-state index is 13.8. The molecule has 36 heavy (non-hydrogen) atoms. The first-order valence-electron chi connectivity index (χ1n) is 11.9. The van der Waals surface area contributed by atoms with Gasteiger partial charge in [0.05, 0.1) is 17.9 Å². The average Bonchev–Trinajstić information content (AvgIpc) is 2.78. The van der Waals surface area contributed by atoms with Crippen molar-refractivity contribution in [2.24, 2.45) is 0 Å². The van der Waals surface area contributed by atoms with Crippen LogP contribution < -0.4 is 16.4 Å². The minimum atomic E-state index is -1.60. The highest BCUT2D eigenvalue weighted by Gasteiger charge is 2.48. The highest BCUT2D eigenvalue weighted by Crippen LogP contribution is 2.28. The first-order valence-corrected chi connectivity index (χ1v) is 11.9. The summed E-state index contributed by atoms with van der Waals surface area (Å²) in [5.74, 6) is -1.77. The second-order valence-electron chi connectivity index (χ2n) is 9.81. The highest BCUT2D eigenvalue weighted by molar-refractivity contribution is 6.02. The van der Waals surface area contributed by atoms with Crippen molar-refractivity contribution in [3.8, 4) is 0 Å². The normalized spacial score (nSPS) is 24.4. The Kier molecular flexibility index (Phi) is 10.00. The van der Waals surface area contributed by atoms with E-state index in [1.165, 1.54) is 13.0 Å². The molecule has 1 aromatic carbocycles. The van der Waals surface area contributed by atoms with Crippen LogP contribution in [0.5, 0.6) is 0 Å². The summed E-state index contributed by atoms with van der Waals surface area (Å²) in [4.78, 5) is 39.7. The van der Waals surface area contributed by atoms with Crippen LogP contribution in [0, 0.1) is 0 Å². The van der Waals surface area contributed by atoms with Gasteiger partial charge in [0.2, 0.25) is 11.8 Å². The van der Waals surface area contributed by atoms with Crippen LogP contribution in [0.4, 0.5) is 5.69 Å². The van der Waals surface area contributed by atoms with Gasteiger partial charge in [-0.1, -0.05) is 31.2 Å². The molecule has 1 fully saturated rings. The predicted molar refractivity (Wildman–Crippen MR) is 134 cm³/mol. The van der Waals surface area contributed by atoms with Crippen molar-refractivity contribution in [3.63, 3.8) is 0 Å². The Labute approximate surface area is 211 Å². The van der Waals surface area contributed by atoms with Gasteiger partial charge in [-0.2, -0.15) is 0 Å². The summed E-state index contributed by atoms with van der Waals surface area (Å²) in [5.41, 5.74) is 6.57. The zero-order chi connectivity index (χ0) is 27.2. The first-order chi connectivity index (χ1) is 16.8. The summed E-state index contributed by atoms with van der Waals surface area (Å²) in [7, 11) is 0. The molecule has 2 rings (SSSR count). The fourth-order valence-electron chi connectivity index (χ4n) is 3.96. The smallest absolute Gasteiger partial charge is 0.258 e. The van der Waals surface area contributed by atoms with Gasteiger partial charge < -0.3 is 41.3 Å². The van der Waals surface area contributed by atoms with Crippen molar-refractivity contribution >= 4 is 29.5 Å². The number of benzene rings is 1. The topological polar surface area (TPSA) is 174 Å². The standard InChI is InChI=1S/C25H38N4O7/c1-6-7-9-15-10-8-11-16(19(15)26)23(35)29(12-18(32)28-25(3,4)5)24-20(27-14(2)31)22(34)21(33)17(13-30)36-24/h7-11,17,20-22,24,30,33-34H,6,12-13,26H2,1-5H3,(H,27,31)(H,28,32)/b9-7-. The van der Waals surface area contributed by atoms with Crippen LogP contribution in [0.1, 0.15) is 57.0 Å². The SMILES string of the molecule is CC/C=C\c1cccc(C(=O)N(CC(=O)NC(C)(C)C)C2OC(CO)C(O)C(O)C2NC(C)=O)c1N. The van der Waals surface area contributed by atoms with Crippen LogP contribution in [-0.4, -0.2) is 87.2 Å². The molecule has 0 radical (unpaired) electrons. The number of ether oxygens (including phenoxy) is 1. The summed E-state index contributed by atoms with van der Waals surface area (Å²) in [6, 6.07) is 3.60. The maximum atomic E-state index is 13.8. The Morgan fingerprint density at radius 2 is 1.86 bits per heavy atom. The van der Waals surface area contributed by atoms with Crippen LogP contribution in [0.2, 0.25) is 0 Å². The monoisotopic (exact) mass is 506 g/mol. The minimum absolute atomic E-state index is 0.0862. The molecule has 3 amide bonds. The summed E-state index contributed by atoms with van der Waals surface area (Å²) in [6.45, 7) is 7.31. The van der Waals surface area contributed by atoms with Gasteiger partial charge in [-0.15, -0.1) is 0 Å². The van der Waals surface area contributed by atoms with Gasteiger partial charge >= 0.3 is 0 Å². The third-order valence-electron chi connectivity index (χ3n) is 5.57. The molecule has 200 valence electrons. The lowest BCUT2D eigenvalue weighted by Crippen LogP contribution is -2.69. The molecule has 5 unspecified atom stereocenters. The number of amides is 3. The van der Waals surface area contributed by atoms with Crippen molar-refractivity contribution < 1.29 is 34.4 Å². The lowest BCUT2D eigenvalue weighted by Gasteiger charge is -2.46. The summed E-state index contributed by atoms with van der Waals surface area (Å²) in [5, 5.41) is 36.1. The van der Waals surface area contributed by atoms with Crippen LogP contribution in [0.25, 0.3) is 6.08 Å². The molecule has 11 heteroatoms. The van der Waals surface area contributed by atoms with Crippen molar-refractivity contribution in [2.45, 2.75) is 77.2 Å². The number of nitrogen functional groups attached to an aromatic ring is 1. The Morgan fingerprint density at radius 3 is 2.42 bits per heavy atom. The van der Waals surface area contributed by atoms with E-state index in [4.69, 9.17) is 10.5 Å². The number of hydrogen-bond donors (Lipinski definition) is 6. The summed E-state index contributed by atoms with van der Waals surface area (Å²) in [6.07, 6.45) is -1.40. The second kappa shape index (κ2) is 12.3. The van der Waals surface area contributed by atoms with E-state index in [1.807, 2.05) is 13.0 Å². The van der Waals surface area contributed by atoms with Gasteiger partial charge in [-0.25, -0.2) is 0 Å². The Balaban J connectivity index is 2.59. The van der Waals surface area contributed by atoms with Crippen molar-refractivity contribution in [1.29, 1.82) is 0 Å². The van der Waals surface area contributed by atoms with Crippen molar-refractivity contribution in [2.75, 3.05) is 18.9 Å². The molecule has 1 saturated heterocycles. The summed E-state index contributed by atoms with van der Waals surface area (Å²) >= 11 is 0. The number of aliphatic hydroxyl groups excluding tert-OH is 3. The molecular weight excluding hydrogens is 468 g/mol. The van der Waals surface area contributed by atoms with E-state index >= 15 is 0 Å². The molecular formula is C25H38N4O7. The van der Waals surface area contributed by atoms with Crippen molar-refractivity contribution in [3.05, 3.63) is 35.4 Å². The van der Waals surface area contributed by atoms with E-state index in [0.29, 0.717) is 5.56 Å². The lowest BCUT2D eigenvalue weighted by atomic mass is 9.94. The number of allylic oxidation sites excluding steroid dienone is 1. The third kappa shape index (κ3) is 7.26. The molecule has 0 aliphatic carbocycles. The van der Waals surface area contributed by atoms with Gasteiger partial charge in [-0.05, 0) is 38.8 Å². The Morgan fingerprint density at radius 1 is 1.19 bits per heavy atom. The maximum Gasteiger partial charge on any atom is 0.258 e. The molecule has 1 aliphatic rings. The molecule has 0 saturated carbocycles. The molecule has 1 aromatic rings. The first kappa shape index (κ1) is 29.2. The van der Waals surface area contributed by atoms with Crippen LogP contribution in [-0.2, 0) is 14.3 Å². The number of nitrogens with one attached hydrogen (secondary N) is 2. The van der Waals surface area contributed by atoms with Gasteiger partial charge in [0.1, 0.15) is 30.9 Å². The molecule has 11 nitrogen and oxygen atoms in total. The number of rotatable bonds is 8. The van der Waals surface area contributed by atoms with E-state index in [2.05, 4.69) is 10.6 Å². The third-order valence-corrected chi connectivity index (χ3v) is 5.57. The molecule has 1 aliphatic heterocycles. The fourth-order valence-corrected chi connectivity index (χ4v) is 3.96. The minimum Gasteiger partial charge on any atom is -0.398 e. The van der Waals surface area contributed by atoms with E-state index in [0.717, 1.165) is 11.3 Å². The van der Waals surface area contributed by atoms with Gasteiger partial charge in [0, 0.05) is 12.5 Å². The predicted octanol–water partition coefficient (Wildman–Crippen LogP) is -0.00740. The zero-order valence-corrected chi connectivity index (χ0v) is 21.4. The van der Waals surface area contributed by atoms with E-state index in [-0.39, 0.29) is 11.3 Å². The Bertz CT molecular complexity index is 976. The second-order valence-corrected chi connectivity index (χ2v) is 9.81. The number of carbonyl (C=O) groups excluding carboxylic acids is 3. The van der Waals surface area contributed by atoms with E-state index < -0.39 is 67.0 Å². The van der Waals surface area contributed by atoms with Crippen LogP contribution >= 0.6 is 0 Å². The number of nitrogens with zero attached hydrogens (tertiary/aromatic N) is 1. The molecule has 0 aromatic heterocycles. The number of carbonyl (C=O) groups is 3. The molecule has 5 atom stereocenters. The van der Waals surface area contributed by atoms with Gasteiger partial charge in [0.15, 0.2) is 6.23 Å². The largest absolute Gasteiger partial charge is 0.398 e. The van der Waals surface area contributed by atoms with E-state index in [1.54, 1.807) is 39.0 Å². The number of para-hydroxylation sites is 1. The Hall–Kier alpha value is -2.99. The molecule has 7 N–H and O–H groups in total. The van der Waals surface area contributed by atoms with Crippen LogP contribution in [0.15, 0.2) is 24.3 Å². The number of nitrogens with two attached hydrogens (primary N) is 1. The van der Waals surface area contributed by atoms with Crippen molar-refractivity contribution in [1.82, 2.24) is 15.5 Å². The molecule has 0 spiro atoms. The summed E-state index contributed by atoms with van der Waals surface area (Å²) < 4.78 is 5.80. The van der Waals surface area contributed by atoms with Gasteiger partial charge in [0.25, 0.3) is 5.91 Å². The van der Waals surface area contributed by atoms with Gasteiger partial charge in [-0.3, -0.25) is 14.4 Å². The van der Waals surface area contributed by atoms with Crippen LogP contribution in [0.3, 0.4) is 0 Å². The number of hydrogen-bond acceptors (Lipinski definition) is 8. The zero-order valence-electron chi connectivity index (χ0n) is 21.4.